The van der Waals surface area contributed by atoms with Crippen LogP contribution in [-0.4, -0.2) is 27.4 Å². The molecule has 1 aliphatic rings. The van der Waals surface area contributed by atoms with Crippen LogP contribution in [0, 0.1) is 5.92 Å². The summed E-state index contributed by atoms with van der Waals surface area (Å²) in [6, 6.07) is 7.64. The first-order valence-electron chi connectivity index (χ1n) is 7.74. The fraction of sp³-hybridized carbons (Fsp3) is 0.353. The van der Waals surface area contributed by atoms with Crippen LogP contribution in [0.25, 0.3) is 11.4 Å². The van der Waals surface area contributed by atoms with Gasteiger partial charge in [-0.2, -0.15) is 10.1 Å². The number of aromatic nitrogens is 4. The molecule has 0 spiro atoms. The molecule has 6 nitrogen and oxygen atoms in total. The summed E-state index contributed by atoms with van der Waals surface area (Å²) in [4.78, 5) is 4.61. The standard InChI is InChI=1S/C17H18N4O2/c1-10-7-12-9-18-20-15(12)14(8-10)17-19-16(21-23-17)11-3-5-13(22-2)6-4-11/h3-6,9-10,14H,7-8H2,1-2H3,(H,18,20). The van der Waals surface area contributed by atoms with Crippen molar-refractivity contribution in [3.8, 4) is 17.1 Å². The molecule has 0 saturated carbocycles. The molecule has 2 heterocycles. The Morgan fingerprint density at radius 3 is 2.87 bits per heavy atom. The van der Waals surface area contributed by atoms with E-state index in [0.29, 0.717) is 17.6 Å². The molecule has 0 amide bonds. The number of nitrogens with one attached hydrogen (secondary N) is 1. The van der Waals surface area contributed by atoms with Crippen LogP contribution >= 0.6 is 0 Å². The van der Waals surface area contributed by atoms with Crippen LogP contribution in [0.1, 0.15) is 36.4 Å². The van der Waals surface area contributed by atoms with Gasteiger partial charge in [0.1, 0.15) is 5.75 Å². The third-order valence-electron chi connectivity index (χ3n) is 4.39. The summed E-state index contributed by atoms with van der Waals surface area (Å²) in [7, 11) is 1.65. The van der Waals surface area contributed by atoms with Gasteiger partial charge in [-0.25, -0.2) is 0 Å². The number of ether oxygens (including phenoxy) is 1. The second-order valence-corrected chi connectivity index (χ2v) is 6.09. The average Bonchev–Trinajstić information content (AvgIpc) is 3.23. The van der Waals surface area contributed by atoms with Gasteiger partial charge in [0.2, 0.25) is 11.7 Å². The zero-order valence-corrected chi connectivity index (χ0v) is 13.1. The molecular weight excluding hydrogens is 292 g/mol. The highest BCUT2D eigenvalue weighted by atomic mass is 16.5. The molecule has 1 N–H and O–H groups in total. The summed E-state index contributed by atoms with van der Waals surface area (Å²) in [5, 5.41) is 11.4. The highest BCUT2D eigenvalue weighted by Crippen LogP contribution is 2.37. The number of fused-ring (bicyclic) bond motifs is 1. The Hall–Kier alpha value is -2.63. The van der Waals surface area contributed by atoms with Gasteiger partial charge in [0.05, 0.1) is 24.9 Å². The molecule has 1 aliphatic carbocycles. The number of methoxy groups -OCH3 is 1. The van der Waals surface area contributed by atoms with Crippen molar-refractivity contribution in [3.05, 3.63) is 47.6 Å². The molecule has 0 fully saturated rings. The summed E-state index contributed by atoms with van der Waals surface area (Å²) < 4.78 is 10.7. The van der Waals surface area contributed by atoms with Crippen molar-refractivity contribution in [1.82, 2.24) is 20.3 Å². The fourth-order valence-electron chi connectivity index (χ4n) is 3.22. The Labute approximate surface area is 133 Å². The zero-order chi connectivity index (χ0) is 15.8. The van der Waals surface area contributed by atoms with E-state index < -0.39 is 0 Å². The first-order valence-corrected chi connectivity index (χ1v) is 7.74. The van der Waals surface area contributed by atoms with Gasteiger partial charge in [-0.15, -0.1) is 0 Å². The lowest BCUT2D eigenvalue weighted by atomic mass is 9.81. The van der Waals surface area contributed by atoms with Crippen LogP contribution in [0.2, 0.25) is 0 Å². The molecule has 6 heteroatoms. The van der Waals surface area contributed by atoms with Crippen molar-refractivity contribution in [2.75, 3.05) is 7.11 Å². The first-order chi connectivity index (χ1) is 11.2. The van der Waals surface area contributed by atoms with Gasteiger partial charge in [-0.05, 0) is 48.6 Å². The molecule has 0 aliphatic heterocycles. The lowest BCUT2D eigenvalue weighted by Gasteiger charge is -2.23. The van der Waals surface area contributed by atoms with Crippen molar-refractivity contribution < 1.29 is 9.26 Å². The van der Waals surface area contributed by atoms with E-state index in [1.165, 1.54) is 5.56 Å². The predicted octanol–water partition coefficient (Wildman–Crippen LogP) is 3.18. The maximum Gasteiger partial charge on any atom is 0.236 e. The van der Waals surface area contributed by atoms with E-state index in [2.05, 4.69) is 27.3 Å². The fourth-order valence-corrected chi connectivity index (χ4v) is 3.22. The van der Waals surface area contributed by atoms with Crippen LogP contribution < -0.4 is 4.74 Å². The number of H-pyrrole nitrogens is 1. The summed E-state index contributed by atoms with van der Waals surface area (Å²) in [6.45, 7) is 2.24. The monoisotopic (exact) mass is 310 g/mol. The number of rotatable bonds is 3. The number of hydrogen-bond donors (Lipinski definition) is 1. The maximum absolute atomic E-state index is 5.55. The van der Waals surface area contributed by atoms with E-state index in [9.17, 15) is 0 Å². The Kier molecular flexibility index (Phi) is 3.37. The van der Waals surface area contributed by atoms with Crippen LogP contribution in [-0.2, 0) is 6.42 Å². The maximum atomic E-state index is 5.55. The van der Waals surface area contributed by atoms with Crippen molar-refractivity contribution in [1.29, 1.82) is 0 Å². The Morgan fingerprint density at radius 1 is 1.26 bits per heavy atom. The Bertz CT molecular complexity index is 806. The lowest BCUT2D eigenvalue weighted by Crippen LogP contribution is -2.17. The largest absolute Gasteiger partial charge is 0.497 e. The molecule has 23 heavy (non-hydrogen) atoms. The summed E-state index contributed by atoms with van der Waals surface area (Å²) in [5.74, 6) is 2.72. The van der Waals surface area contributed by atoms with E-state index in [1.807, 2.05) is 30.5 Å². The number of aromatic amines is 1. The van der Waals surface area contributed by atoms with Gasteiger partial charge in [-0.1, -0.05) is 12.1 Å². The number of nitrogens with zero attached hydrogens (tertiary/aromatic N) is 3. The molecule has 2 unspecified atom stereocenters. The van der Waals surface area contributed by atoms with Crippen LogP contribution in [0.3, 0.4) is 0 Å². The smallest absolute Gasteiger partial charge is 0.236 e. The SMILES string of the molecule is COc1ccc(-c2noc(C3CC(C)Cc4cn[nH]c43)n2)cc1. The van der Waals surface area contributed by atoms with Gasteiger partial charge in [0.15, 0.2) is 0 Å². The van der Waals surface area contributed by atoms with E-state index in [-0.39, 0.29) is 5.92 Å². The van der Waals surface area contributed by atoms with Crippen molar-refractivity contribution in [2.45, 2.75) is 25.7 Å². The average molecular weight is 310 g/mol. The molecule has 0 bridgehead atoms. The second-order valence-electron chi connectivity index (χ2n) is 6.09. The summed E-state index contributed by atoms with van der Waals surface area (Å²) in [5.41, 5.74) is 3.26. The highest BCUT2D eigenvalue weighted by molar-refractivity contribution is 5.55. The molecule has 0 radical (unpaired) electrons. The molecule has 0 saturated heterocycles. The van der Waals surface area contributed by atoms with E-state index in [1.54, 1.807) is 7.11 Å². The van der Waals surface area contributed by atoms with Crippen molar-refractivity contribution >= 4 is 0 Å². The Morgan fingerprint density at radius 2 is 2.09 bits per heavy atom. The van der Waals surface area contributed by atoms with Crippen molar-refractivity contribution in [3.63, 3.8) is 0 Å². The van der Waals surface area contributed by atoms with Gasteiger partial charge < -0.3 is 9.26 Å². The molecule has 1 aromatic carbocycles. The zero-order valence-electron chi connectivity index (χ0n) is 13.1. The van der Waals surface area contributed by atoms with E-state index in [0.717, 1.165) is 29.8 Å². The minimum absolute atomic E-state index is 0.0933. The molecule has 3 aromatic rings. The molecule has 2 aromatic heterocycles. The van der Waals surface area contributed by atoms with Crippen molar-refractivity contribution in [2.24, 2.45) is 5.92 Å². The normalized spacial score (nSPS) is 20.3. The van der Waals surface area contributed by atoms with Crippen LogP contribution in [0.15, 0.2) is 35.0 Å². The molecular formula is C17H18N4O2. The predicted molar refractivity (Wildman–Crippen MR) is 84.2 cm³/mol. The lowest BCUT2D eigenvalue weighted by molar-refractivity contribution is 0.333. The van der Waals surface area contributed by atoms with Gasteiger partial charge >= 0.3 is 0 Å². The Balaban J connectivity index is 1.66. The van der Waals surface area contributed by atoms with Gasteiger partial charge in [0, 0.05) is 5.56 Å². The molecule has 118 valence electrons. The molecule has 2 atom stereocenters. The highest BCUT2D eigenvalue weighted by Gasteiger charge is 2.31. The van der Waals surface area contributed by atoms with Gasteiger partial charge in [-0.3, -0.25) is 5.10 Å². The second kappa shape index (κ2) is 5.53. The minimum Gasteiger partial charge on any atom is -0.497 e. The topological polar surface area (TPSA) is 76.8 Å². The first kappa shape index (κ1) is 14.0. The summed E-state index contributed by atoms with van der Waals surface area (Å²) in [6.07, 6.45) is 3.93. The number of benzene rings is 1. The van der Waals surface area contributed by atoms with E-state index >= 15 is 0 Å². The van der Waals surface area contributed by atoms with Crippen LogP contribution in [0.5, 0.6) is 5.75 Å². The van der Waals surface area contributed by atoms with Gasteiger partial charge in [0.25, 0.3) is 0 Å². The third kappa shape index (κ3) is 2.50. The number of hydrogen-bond acceptors (Lipinski definition) is 5. The molecule has 4 rings (SSSR count). The minimum atomic E-state index is 0.0933. The van der Waals surface area contributed by atoms with E-state index in [4.69, 9.17) is 9.26 Å². The summed E-state index contributed by atoms with van der Waals surface area (Å²) >= 11 is 0. The van der Waals surface area contributed by atoms with Crippen LogP contribution in [0.4, 0.5) is 0 Å². The third-order valence-corrected chi connectivity index (χ3v) is 4.39. The quantitative estimate of drug-likeness (QED) is 0.804.